The van der Waals surface area contributed by atoms with Crippen LogP contribution in [0.15, 0.2) is 18.2 Å². The van der Waals surface area contributed by atoms with E-state index in [9.17, 15) is 9.90 Å². The number of aromatic nitrogens is 1. The van der Waals surface area contributed by atoms with Gasteiger partial charge < -0.3 is 14.8 Å². The molecule has 1 heterocycles. The number of rotatable bonds is 3. The molecule has 19 heavy (non-hydrogen) atoms. The smallest absolute Gasteiger partial charge is 0.314 e. The van der Waals surface area contributed by atoms with E-state index >= 15 is 0 Å². The zero-order chi connectivity index (χ0) is 13.6. The van der Waals surface area contributed by atoms with Crippen LogP contribution in [0.1, 0.15) is 30.5 Å². The third-order valence-electron chi connectivity index (χ3n) is 4.21. The lowest BCUT2D eigenvalue weighted by Gasteiger charge is -2.38. The van der Waals surface area contributed by atoms with E-state index in [1.54, 1.807) is 7.11 Å². The molecule has 0 radical (unpaired) electrons. The van der Waals surface area contributed by atoms with Gasteiger partial charge in [-0.15, -0.1) is 0 Å². The third kappa shape index (κ3) is 1.63. The van der Waals surface area contributed by atoms with Crippen LogP contribution in [0.5, 0.6) is 5.75 Å². The fraction of sp³-hybridized carbons (Fsp3) is 0.400. The highest BCUT2D eigenvalue weighted by Gasteiger charge is 2.47. The first-order valence-corrected chi connectivity index (χ1v) is 6.48. The molecular weight excluding hydrogens is 242 g/mol. The second-order valence-electron chi connectivity index (χ2n) is 5.33. The minimum atomic E-state index is -0.765. The number of hydrogen-bond acceptors (Lipinski definition) is 2. The van der Waals surface area contributed by atoms with Crippen LogP contribution < -0.4 is 4.74 Å². The number of aliphatic carboxylic acids is 1. The summed E-state index contributed by atoms with van der Waals surface area (Å²) in [6.07, 6.45) is 2.32. The van der Waals surface area contributed by atoms with Gasteiger partial charge in [0.05, 0.1) is 12.5 Å². The maximum absolute atomic E-state index is 11.6. The molecule has 4 nitrogen and oxygen atoms in total. The molecule has 1 fully saturated rings. The first-order valence-electron chi connectivity index (χ1n) is 6.48. The predicted octanol–water partition coefficient (Wildman–Crippen LogP) is 2.99. The van der Waals surface area contributed by atoms with E-state index in [1.165, 1.54) is 0 Å². The maximum Gasteiger partial charge on any atom is 0.314 e. The number of carboxylic acid groups (broad SMARTS) is 1. The molecule has 2 N–H and O–H groups in total. The number of ether oxygens (including phenoxy) is 1. The monoisotopic (exact) mass is 259 g/mol. The summed E-state index contributed by atoms with van der Waals surface area (Å²) in [5, 5.41) is 10.6. The lowest BCUT2D eigenvalue weighted by Crippen LogP contribution is -2.42. The van der Waals surface area contributed by atoms with Gasteiger partial charge in [0.2, 0.25) is 0 Å². The molecule has 1 aromatic carbocycles. The summed E-state index contributed by atoms with van der Waals surface area (Å²) in [5.41, 5.74) is 2.06. The Kier molecular flexibility index (Phi) is 2.55. The summed E-state index contributed by atoms with van der Waals surface area (Å²) in [4.78, 5) is 14.9. The normalized spacial score (nSPS) is 17.2. The van der Waals surface area contributed by atoms with E-state index in [1.807, 2.05) is 25.1 Å². The van der Waals surface area contributed by atoms with Crippen LogP contribution in [0, 0.1) is 6.92 Å². The summed E-state index contributed by atoms with van der Waals surface area (Å²) in [6, 6.07) is 5.90. The third-order valence-corrected chi connectivity index (χ3v) is 4.21. The van der Waals surface area contributed by atoms with Crippen LogP contribution in [-0.4, -0.2) is 23.2 Å². The van der Waals surface area contributed by atoms with Crippen molar-refractivity contribution < 1.29 is 14.6 Å². The summed E-state index contributed by atoms with van der Waals surface area (Å²) in [7, 11) is 1.60. The van der Waals surface area contributed by atoms with E-state index in [0.29, 0.717) is 18.6 Å². The van der Waals surface area contributed by atoms with Crippen LogP contribution in [0.25, 0.3) is 10.9 Å². The molecular formula is C15H17NO3. The van der Waals surface area contributed by atoms with Gasteiger partial charge in [-0.25, -0.2) is 0 Å². The summed E-state index contributed by atoms with van der Waals surface area (Å²) >= 11 is 0. The molecule has 3 rings (SSSR count). The molecule has 4 heteroatoms. The number of aromatic amines is 1. The number of carboxylic acids is 1. The molecule has 100 valence electrons. The Hall–Kier alpha value is -1.97. The quantitative estimate of drug-likeness (QED) is 0.890. The van der Waals surface area contributed by atoms with Gasteiger partial charge in [0.15, 0.2) is 0 Å². The number of hydrogen-bond donors (Lipinski definition) is 2. The SMILES string of the molecule is COc1cc2cc(C)[nH]c2cc1C1(C(=O)O)CCC1. The molecule has 1 aliphatic carbocycles. The molecule has 1 aromatic heterocycles. The molecule has 0 atom stereocenters. The average Bonchev–Trinajstić information content (AvgIpc) is 2.65. The van der Waals surface area contributed by atoms with Gasteiger partial charge >= 0.3 is 5.97 Å². The number of benzene rings is 1. The van der Waals surface area contributed by atoms with Crippen LogP contribution in [0.2, 0.25) is 0 Å². The van der Waals surface area contributed by atoms with Gasteiger partial charge in [0, 0.05) is 22.2 Å². The number of fused-ring (bicyclic) bond motifs is 1. The topological polar surface area (TPSA) is 62.3 Å². The lowest BCUT2D eigenvalue weighted by atomic mass is 9.64. The standard InChI is InChI=1S/C15H17NO3/c1-9-6-10-7-13(19-2)11(8-12(10)16-9)15(14(17)18)4-3-5-15/h6-8,16H,3-5H2,1-2H3,(H,17,18). The van der Waals surface area contributed by atoms with E-state index in [2.05, 4.69) is 4.98 Å². The minimum Gasteiger partial charge on any atom is -0.496 e. The molecule has 0 aliphatic heterocycles. The fourth-order valence-corrected chi connectivity index (χ4v) is 2.98. The van der Waals surface area contributed by atoms with Gasteiger partial charge in [-0.3, -0.25) is 4.79 Å². The second kappa shape index (κ2) is 4.02. The Labute approximate surface area is 111 Å². The first kappa shape index (κ1) is 12.1. The van der Waals surface area contributed by atoms with E-state index in [4.69, 9.17) is 4.74 Å². The molecule has 1 aliphatic rings. The van der Waals surface area contributed by atoms with Crippen molar-refractivity contribution in [2.24, 2.45) is 0 Å². The van der Waals surface area contributed by atoms with Gasteiger partial charge in [-0.05, 0) is 38.0 Å². The first-order chi connectivity index (χ1) is 9.06. The summed E-state index contributed by atoms with van der Waals surface area (Å²) < 4.78 is 5.42. The lowest BCUT2D eigenvalue weighted by molar-refractivity contribution is -0.147. The number of methoxy groups -OCH3 is 1. The number of aryl methyl sites for hydroxylation is 1. The van der Waals surface area contributed by atoms with Crippen molar-refractivity contribution in [3.8, 4) is 5.75 Å². The van der Waals surface area contributed by atoms with Crippen molar-refractivity contribution in [3.05, 3.63) is 29.5 Å². The zero-order valence-corrected chi connectivity index (χ0v) is 11.1. The number of carbonyl (C=O) groups is 1. The van der Waals surface area contributed by atoms with E-state index in [-0.39, 0.29) is 0 Å². The van der Waals surface area contributed by atoms with Crippen molar-refractivity contribution in [1.82, 2.24) is 4.98 Å². The Morgan fingerprint density at radius 1 is 1.37 bits per heavy atom. The van der Waals surface area contributed by atoms with Crippen molar-refractivity contribution in [2.75, 3.05) is 7.11 Å². The maximum atomic E-state index is 11.6. The van der Waals surface area contributed by atoms with Crippen LogP contribution in [-0.2, 0) is 10.2 Å². The molecule has 0 unspecified atom stereocenters. The fourth-order valence-electron chi connectivity index (χ4n) is 2.98. The molecule has 1 saturated carbocycles. The van der Waals surface area contributed by atoms with E-state index in [0.717, 1.165) is 28.6 Å². The van der Waals surface area contributed by atoms with Gasteiger partial charge in [-0.1, -0.05) is 6.42 Å². The van der Waals surface area contributed by atoms with Crippen LogP contribution in [0.4, 0.5) is 0 Å². The molecule has 2 aromatic rings. The van der Waals surface area contributed by atoms with Crippen molar-refractivity contribution in [3.63, 3.8) is 0 Å². The van der Waals surface area contributed by atoms with Crippen LogP contribution >= 0.6 is 0 Å². The predicted molar refractivity (Wildman–Crippen MR) is 72.8 cm³/mol. The Morgan fingerprint density at radius 3 is 2.63 bits per heavy atom. The average molecular weight is 259 g/mol. The minimum absolute atomic E-state index is 0.675. The zero-order valence-electron chi connectivity index (χ0n) is 11.1. The van der Waals surface area contributed by atoms with Gasteiger partial charge in [0.1, 0.15) is 5.75 Å². The Balaban J connectivity index is 2.23. The molecule has 0 amide bonds. The van der Waals surface area contributed by atoms with Gasteiger partial charge in [0.25, 0.3) is 0 Å². The molecule has 0 bridgehead atoms. The largest absolute Gasteiger partial charge is 0.496 e. The number of H-pyrrole nitrogens is 1. The number of nitrogens with one attached hydrogen (secondary N) is 1. The second-order valence-corrected chi connectivity index (χ2v) is 5.33. The van der Waals surface area contributed by atoms with Crippen molar-refractivity contribution in [1.29, 1.82) is 0 Å². The van der Waals surface area contributed by atoms with E-state index < -0.39 is 11.4 Å². The van der Waals surface area contributed by atoms with Crippen molar-refractivity contribution >= 4 is 16.9 Å². The molecule has 0 spiro atoms. The Bertz CT molecular complexity index is 653. The highest BCUT2D eigenvalue weighted by atomic mass is 16.5. The van der Waals surface area contributed by atoms with Crippen molar-refractivity contribution in [2.45, 2.75) is 31.6 Å². The highest BCUT2D eigenvalue weighted by Crippen LogP contribution is 2.48. The van der Waals surface area contributed by atoms with Crippen LogP contribution in [0.3, 0.4) is 0 Å². The summed E-state index contributed by atoms with van der Waals surface area (Å²) in [6.45, 7) is 1.99. The van der Waals surface area contributed by atoms with Gasteiger partial charge in [-0.2, -0.15) is 0 Å². The summed E-state index contributed by atoms with van der Waals surface area (Å²) in [5.74, 6) is -0.0757. The highest BCUT2D eigenvalue weighted by molar-refractivity contribution is 5.89. The molecule has 0 saturated heterocycles. The Morgan fingerprint density at radius 2 is 2.11 bits per heavy atom.